The van der Waals surface area contributed by atoms with Crippen molar-refractivity contribution in [2.75, 3.05) is 0 Å². The number of para-hydroxylation sites is 1. The molecule has 0 saturated heterocycles. The van der Waals surface area contributed by atoms with Crippen LogP contribution >= 0.6 is 0 Å². The Bertz CT molecular complexity index is 6070. The zero-order valence-corrected chi connectivity index (χ0v) is 56.4. The molecule has 0 atom stereocenters. The maximum absolute atomic E-state index is 7.23. The van der Waals surface area contributed by atoms with Gasteiger partial charge in [0.25, 0.3) is 0 Å². The Balaban J connectivity index is 0.662. The number of aromatic nitrogens is 4. The van der Waals surface area contributed by atoms with E-state index in [0.29, 0.717) is 11.6 Å². The van der Waals surface area contributed by atoms with Gasteiger partial charge in [-0.25, -0.2) is 19.9 Å². The molecule has 0 N–H and O–H groups in total. The fourth-order valence-corrected chi connectivity index (χ4v) is 17.7. The number of fused-ring (bicyclic) bond motifs is 21. The van der Waals surface area contributed by atoms with E-state index in [-0.39, 0.29) is 5.41 Å². The number of rotatable bonds is 8. The number of ether oxygens (including phenoxy) is 2. The Morgan fingerprint density at radius 2 is 0.505 bits per heavy atom. The van der Waals surface area contributed by atoms with Gasteiger partial charge in [-0.15, -0.1) is 0 Å². The van der Waals surface area contributed by atoms with E-state index in [9.17, 15) is 0 Å². The van der Waals surface area contributed by atoms with Crippen LogP contribution in [-0.4, -0.2) is 19.9 Å². The third-order valence-corrected chi connectivity index (χ3v) is 22.5. The first kappa shape index (κ1) is 58.8. The molecule has 0 saturated carbocycles. The van der Waals surface area contributed by atoms with Gasteiger partial charge >= 0.3 is 0 Å². The van der Waals surface area contributed by atoms with Crippen LogP contribution in [0.3, 0.4) is 0 Å². The molecule has 3 aliphatic carbocycles. The summed E-state index contributed by atoms with van der Waals surface area (Å²) in [7, 11) is 0. The Morgan fingerprint density at radius 3 is 1.05 bits per heavy atom. The average Bonchev–Trinajstić information content (AvgIpc) is 1.55. The van der Waals surface area contributed by atoms with Gasteiger partial charge in [-0.05, 0) is 138 Å². The Kier molecular flexibility index (Phi) is 12.8. The van der Waals surface area contributed by atoms with Crippen molar-refractivity contribution in [2.45, 2.75) is 30.1 Å². The van der Waals surface area contributed by atoms with E-state index >= 15 is 0 Å². The fraction of sp³-hybridized carbons (Fsp3) is 0.0515. The van der Waals surface area contributed by atoms with Crippen LogP contribution in [0.4, 0.5) is 0 Å². The number of hydrogen-bond acceptors (Lipinski definition) is 6. The first-order valence-electron chi connectivity index (χ1n) is 35.4. The van der Waals surface area contributed by atoms with Crippen molar-refractivity contribution in [3.63, 3.8) is 0 Å². The van der Waals surface area contributed by atoms with Crippen LogP contribution in [0.25, 0.3) is 123 Å². The summed E-state index contributed by atoms with van der Waals surface area (Å²) in [6.45, 7) is 4.67. The zero-order valence-electron chi connectivity index (χ0n) is 56.4. The average molecular weight is 1320 g/mol. The van der Waals surface area contributed by atoms with E-state index in [1.165, 1.54) is 66.8 Å². The van der Waals surface area contributed by atoms with Crippen LogP contribution < -0.4 is 9.47 Å². The SMILES string of the molecule is CC1(C)c2ccccc2-c2ccc(-c3cc(-c4ccc5c(c4)Oc4ccccc4C54c5ccccc5-c5ccccc54)nc(-c4ccc(-c5ccc6c(c5)C5(c7ccc(-c8ccc(-c9cc(-c%10ccccc%10)nc(-c%10ccccc%10)n9)cc8)cc7O6)c6ccccc6-c6ccccc65)cc4)n3)cc21. The molecule has 2 spiro atoms. The third-order valence-electron chi connectivity index (χ3n) is 22.5. The highest BCUT2D eigenvalue weighted by Gasteiger charge is 2.53. The van der Waals surface area contributed by atoms with Crippen LogP contribution in [0.2, 0.25) is 0 Å². The van der Waals surface area contributed by atoms with Gasteiger partial charge in [0.05, 0.1) is 33.6 Å². The van der Waals surface area contributed by atoms with Gasteiger partial charge in [-0.3, -0.25) is 0 Å². The predicted octanol–water partition coefficient (Wildman–Crippen LogP) is 23.8. The molecule has 0 radical (unpaired) electrons. The highest BCUT2D eigenvalue weighted by atomic mass is 16.5. The molecule has 21 rings (SSSR count). The van der Waals surface area contributed by atoms with Gasteiger partial charge in [-0.1, -0.05) is 305 Å². The Hall–Kier alpha value is -13.2. The van der Waals surface area contributed by atoms with Crippen molar-refractivity contribution < 1.29 is 9.47 Å². The highest BCUT2D eigenvalue weighted by molar-refractivity contribution is 5.93. The molecular formula is C97H62N4O2. The van der Waals surface area contributed by atoms with Gasteiger partial charge in [0, 0.05) is 61.0 Å². The summed E-state index contributed by atoms with van der Waals surface area (Å²) >= 11 is 0. The monoisotopic (exact) mass is 1310 g/mol. The second-order valence-electron chi connectivity index (χ2n) is 28.3. The predicted molar refractivity (Wildman–Crippen MR) is 413 cm³/mol. The molecule has 103 heavy (non-hydrogen) atoms. The molecule has 5 aliphatic rings. The van der Waals surface area contributed by atoms with Crippen molar-refractivity contribution >= 4 is 0 Å². The van der Waals surface area contributed by atoms with Crippen molar-refractivity contribution in [3.05, 3.63) is 395 Å². The lowest BCUT2D eigenvalue weighted by Crippen LogP contribution is -2.32. The standard InChI is InChI=1S/C97H62N4O2/c1-95(2)75-30-14-9-25-69(75)74-49-45-67(54-83(74)95)87-58-88(68-47-51-81-92(56-68)102-89-36-20-19-35-80(89)96(81)76-31-15-10-26-70(76)71-27-11-16-32-77(71)96)101-94(100-87)64-43-39-59(40-44-64)65-48-52-90-84(53-65)97(78-33-17-12-28-72(78)73-29-13-18-34-79(73)97)82-50-46-66(55-91(82)103-90)60-37-41-62(42-38-60)86-57-85(61-21-5-3-6-22-61)98-93(99-86)63-23-7-4-8-24-63/h3-58H,1-2H3. The Labute approximate surface area is 597 Å². The van der Waals surface area contributed by atoms with E-state index in [4.69, 9.17) is 29.4 Å². The summed E-state index contributed by atoms with van der Waals surface area (Å²) in [5.41, 5.74) is 31.6. The van der Waals surface area contributed by atoms with Gasteiger partial charge in [-0.2, -0.15) is 0 Å². The second kappa shape index (κ2) is 22.4. The van der Waals surface area contributed by atoms with E-state index in [2.05, 4.69) is 317 Å². The van der Waals surface area contributed by atoms with Crippen LogP contribution in [0, 0.1) is 0 Å². The van der Waals surface area contributed by atoms with Crippen molar-refractivity contribution in [1.82, 2.24) is 19.9 Å². The van der Waals surface area contributed by atoms with E-state index in [1.807, 2.05) is 36.4 Å². The summed E-state index contributed by atoms with van der Waals surface area (Å²) in [5, 5.41) is 0. The quantitative estimate of drug-likeness (QED) is 0.151. The topological polar surface area (TPSA) is 70.0 Å². The van der Waals surface area contributed by atoms with E-state index < -0.39 is 10.8 Å². The lowest BCUT2D eigenvalue weighted by molar-refractivity contribution is 0.436. The van der Waals surface area contributed by atoms with Crippen LogP contribution in [0.15, 0.2) is 340 Å². The minimum absolute atomic E-state index is 0.200. The molecule has 16 aromatic rings. The molecule has 4 heterocycles. The molecule has 0 bridgehead atoms. The maximum Gasteiger partial charge on any atom is 0.160 e. The molecule has 0 amide bonds. The molecular weight excluding hydrogens is 1250 g/mol. The summed E-state index contributed by atoms with van der Waals surface area (Å²) in [6.07, 6.45) is 0. The van der Waals surface area contributed by atoms with Crippen molar-refractivity contribution in [3.8, 4) is 146 Å². The first-order valence-corrected chi connectivity index (χ1v) is 35.4. The molecule has 482 valence electrons. The Morgan fingerprint density at radius 1 is 0.194 bits per heavy atom. The van der Waals surface area contributed by atoms with Crippen LogP contribution in [0.5, 0.6) is 23.0 Å². The lowest BCUT2D eigenvalue weighted by atomic mass is 9.65. The maximum atomic E-state index is 7.23. The molecule has 2 aromatic heterocycles. The number of benzene rings is 14. The molecule has 0 fully saturated rings. The molecule has 0 unspecified atom stereocenters. The zero-order chi connectivity index (χ0) is 68.1. The lowest BCUT2D eigenvalue weighted by Gasteiger charge is -2.40. The van der Waals surface area contributed by atoms with Crippen LogP contribution in [-0.2, 0) is 16.2 Å². The van der Waals surface area contributed by atoms with E-state index in [0.717, 1.165) is 124 Å². The van der Waals surface area contributed by atoms with Gasteiger partial charge in [0.15, 0.2) is 11.6 Å². The summed E-state index contributed by atoms with van der Waals surface area (Å²) in [4.78, 5) is 21.2. The van der Waals surface area contributed by atoms with Crippen molar-refractivity contribution in [1.29, 1.82) is 0 Å². The van der Waals surface area contributed by atoms with Gasteiger partial charge in [0.1, 0.15) is 23.0 Å². The number of hydrogen-bond donors (Lipinski definition) is 0. The summed E-state index contributed by atoms with van der Waals surface area (Å²) in [6, 6.07) is 122. The normalized spacial score (nSPS) is 14.1. The van der Waals surface area contributed by atoms with Gasteiger partial charge < -0.3 is 9.47 Å². The highest BCUT2D eigenvalue weighted by Crippen LogP contribution is 2.65. The van der Waals surface area contributed by atoms with Gasteiger partial charge in [0.2, 0.25) is 0 Å². The number of nitrogens with zero attached hydrogens (tertiary/aromatic N) is 4. The van der Waals surface area contributed by atoms with E-state index in [1.54, 1.807) is 0 Å². The third kappa shape index (κ3) is 8.74. The second-order valence-corrected chi connectivity index (χ2v) is 28.3. The van der Waals surface area contributed by atoms with Crippen LogP contribution in [0.1, 0.15) is 69.5 Å². The summed E-state index contributed by atoms with van der Waals surface area (Å²) < 4.78 is 14.3. The minimum Gasteiger partial charge on any atom is -0.457 e. The molecule has 6 heteroatoms. The largest absolute Gasteiger partial charge is 0.457 e. The molecule has 6 nitrogen and oxygen atoms in total. The minimum atomic E-state index is -0.688. The summed E-state index contributed by atoms with van der Waals surface area (Å²) in [5.74, 6) is 4.61. The first-order chi connectivity index (χ1) is 50.7. The molecule has 2 aliphatic heterocycles. The fourth-order valence-electron chi connectivity index (χ4n) is 17.7. The molecule has 14 aromatic carbocycles. The smallest absolute Gasteiger partial charge is 0.160 e. The van der Waals surface area contributed by atoms with Crippen molar-refractivity contribution in [2.24, 2.45) is 0 Å².